The van der Waals surface area contributed by atoms with Crippen LogP contribution >= 0.6 is 0 Å². The van der Waals surface area contributed by atoms with Crippen LogP contribution < -0.4 is 0 Å². The lowest BCUT2D eigenvalue weighted by Gasteiger charge is -2.17. The first-order chi connectivity index (χ1) is 7.43. The summed E-state index contributed by atoms with van der Waals surface area (Å²) in [5, 5.41) is 20.0. The molecular weight excluding hydrogens is 206 g/mol. The summed E-state index contributed by atoms with van der Waals surface area (Å²) >= 11 is 0. The first-order valence-electron chi connectivity index (χ1n) is 5.29. The number of rotatable bonds is 3. The van der Waals surface area contributed by atoms with Crippen molar-refractivity contribution in [2.24, 2.45) is 5.41 Å². The van der Waals surface area contributed by atoms with Crippen molar-refractivity contribution in [1.29, 1.82) is 0 Å². The minimum absolute atomic E-state index is 0.0812. The Hall–Kier alpha value is -1.42. The van der Waals surface area contributed by atoms with Crippen LogP contribution in [0.2, 0.25) is 0 Å². The predicted octanol–water partition coefficient (Wildman–Crippen LogP) is 2.25. The molecule has 1 aliphatic rings. The van der Waals surface area contributed by atoms with Crippen molar-refractivity contribution in [3.63, 3.8) is 0 Å². The summed E-state index contributed by atoms with van der Waals surface area (Å²) < 4.78 is 0. The molecule has 1 aliphatic carbocycles. The summed E-state index contributed by atoms with van der Waals surface area (Å²) in [5.41, 5.74) is 0.959. The highest BCUT2D eigenvalue weighted by molar-refractivity contribution is 5.42. The highest BCUT2D eigenvalue weighted by Gasteiger charge is 2.61. The molecule has 0 saturated heterocycles. The topological polar surface area (TPSA) is 63.4 Å². The van der Waals surface area contributed by atoms with Crippen LogP contribution in [0, 0.1) is 15.5 Å². The van der Waals surface area contributed by atoms with E-state index in [9.17, 15) is 15.2 Å². The van der Waals surface area contributed by atoms with E-state index in [1.165, 1.54) is 12.1 Å². The molecule has 1 saturated carbocycles. The minimum atomic E-state index is -0.409. The van der Waals surface area contributed by atoms with E-state index in [0.29, 0.717) is 0 Å². The zero-order valence-electron chi connectivity index (χ0n) is 9.43. The van der Waals surface area contributed by atoms with E-state index in [2.05, 4.69) is 13.8 Å². The average Bonchev–Trinajstić information content (AvgIpc) is 2.82. The van der Waals surface area contributed by atoms with Crippen LogP contribution in [0.5, 0.6) is 0 Å². The molecule has 0 amide bonds. The number of nitrogens with zero attached hydrogens (tertiary/aromatic N) is 1. The Kier molecular flexibility index (Phi) is 2.27. The number of aliphatic hydroxyl groups is 1. The molecule has 0 radical (unpaired) electrons. The number of hydrogen-bond acceptors (Lipinski definition) is 3. The summed E-state index contributed by atoms with van der Waals surface area (Å²) in [6.07, 6.45) is 0.925. The zero-order chi connectivity index (χ0) is 12.0. The van der Waals surface area contributed by atoms with Gasteiger partial charge in [-0.1, -0.05) is 26.0 Å². The van der Waals surface area contributed by atoms with Gasteiger partial charge in [-0.2, -0.15) is 0 Å². The molecule has 86 valence electrons. The molecule has 4 nitrogen and oxygen atoms in total. The van der Waals surface area contributed by atoms with E-state index in [-0.39, 0.29) is 23.1 Å². The Morgan fingerprint density at radius 3 is 2.19 bits per heavy atom. The van der Waals surface area contributed by atoms with Gasteiger partial charge in [0.15, 0.2) is 0 Å². The minimum Gasteiger partial charge on any atom is -0.395 e. The standard InChI is InChI=1S/C12H15NO3/c1-11(2)7-12(11,8-14)9-3-5-10(6-4-9)13(15)16/h3-6,14H,7-8H2,1-2H3. The van der Waals surface area contributed by atoms with Gasteiger partial charge < -0.3 is 5.11 Å². The smallest absolute Gasteiger partial charge is 0.269 e. The number of non-ortho nitro benzene ring substituents is 1. The molecular formula is C12H15NO3. The van der Waals surface area contributed by atoms with E-state index < -0.39 is 4.92 Å². The van der Waals surface area contributed by atoms with Crippen molar-refractivity contribution >= 4 is 5.69 Å². The fraction of sp³-hybridized carbons (Fsp3) is 0.500. The largest absolute Gasteiger partial charge is 0.395 e. The molecule has 2 rings (SSSR count). The van der Waals surface area contributed by atoms with Gasteiger partial charge in [-0.05, 0) is 17.4 Å². The van der Waals surface area contributed by atoms with Crippen molar-refractivity contribution in [1.82, 2.24) is 0 Å². The highest BCUT2D eigenvalue weighted by Crippen LogP contribution is 2.63. The molecule has 1 fully saturated rings. The third kappa shape index (κ3) is 1.41. The van der Waals surface area contributed by atoms with E-state index >= 15 is 0 Å². The van der Waals surface area contributed by atoms with Gasteiger partial charge in [-0.15, -0.1) is 0 Å². The van der Waals surface area contributed by atoms with Gasteiger partial charge in [0.2, 0.25) is 0 Å². The second-order valence-electron chi connectivity index (χ2n) is 5.10. The van der Waals surface area contributed by atoms with Crippen LogP contribution in [0.1, 0.15) is 25.8 Å². The van der Waals surface area contributed by atoms with E-state index in [1.54, 1.807) is 12.1 Å². The Balaban J connectivity index is 2.33. The molecule has 1 unspecified atom stereocenters. The fourth-order valence-corrected chi connectivity index (χ4v) is 2.47. The average molecular weight is 221 g/mol. The monoisotopic (exact) mass is 221 g/mol. The van der Waals surface area contributed by atoms with Crippen molar-refractivity contribution in [2.45, 2.75) is 25.7 Å². The number of benzene rings is 1. The highest BCUT2D eigenvalue weighted by atomic mass is 16.6. The molecule has 1 aromatic rings. The molecule has 1 atom stereocenters. The molecule has 1 N–H and O–H groups in total. The third-order valence-corrected chi connectivity index (χ3v) is 3.81. The second kappa shape index (κ2) is 3.28. The zero-order valence-corrected chi connectivity index (χ0v) is 9.43. The van der Waals surface area contributed by atoms with E-state index in [0.717, 1.165) is 12.0 Å². The van der Waals surface area contributed by atoms with Crippen LogP contribution in [-0.2, 0) is 5.41 Å². The summed E-state index contributed by atoms with van der Waals surface area (Å²) in [5.74, 6) is 0. The predicted molar refractivity (Wildman–Crippen MR) is 60.3 cm³/mol. The molecule has 0 aromatic heterocycles. The molecule has 0 bridgehead atoms. The Morgan fingerprint density at radius 1 is 1.38 bits per heavy atom. The lowest BCUT2D eigenvalue weighted by Crippen LogP contribution is -2.19. The lowest BCUT2D eigenvalue weighted by atomic mass is 9.88. The Bertz CT molecular complexity index is 424. The van der Waals surface area contributed by atoms with Gasteiger partial charge in [0, 0.05) is 17.5 Å². The van der Waals surface area contributed by atoms with Crippen LogP contribution in [0.25, 0.3) is 0 Å². The molecule has 0 spiro atoms. The summed E-state index contributed by atoms with van der Waals surface area (Å²) in [7, 11) is 0. The SMILES string of the molecule is CC1(C)CC1(CO)c1ccc([N+](=O)[O-])cc1. The Labute approximate surface area is 94.1 Å². The van der Waals surface area contributed by atoms with Gasteiger partial charge in [0.25, 0.3) is 5.69 Å². The van der Waals surface area contributed by atoms with Gasteiger partial charge in [0.1, 0.15) is 0 Å². The number of aliphatic hydroxyl groups excluding tert-OH is 1. The number of hydrogen-bond donors (Lipinski definition) is 1. The van der Waals surface area contributed by atoms with E-state index in [1.807, 2.05) is 0 Å². The summed E-state index contributed by atoms with van der Waals surface area (Å²) in [6.45, 7) is 4.30. The second-order valence-corrected chi connectivity index (χ2v) is 5.10. The molecule has 0 heterocycles. The first kappa shape index (κ1) is 11.1. The summed E-state index contributed by atoms with van der Waals surface area (Å²) in [6, 6.07) is 6.51. The van der Waals surface area contributed by atoms with Crippen LogP contribution in [0.4, 0.5) is 5.69 Å². The maximum Gasteiger partial charge on any atom is 0.269 e. The van der Waals surface area contributed by atoms with Crippen molar-refractivity contribution in [3.05, 3.63) is 39.9 Å². The maximum absolute atomic E-state index is 10.5. The normalized spacial score (nSPS) is 26.4. The van der Waals surface area contributed by atoms with Gasteiger partial charge >= 0.3 is 0 Å². The van der Waals surface area contributed by atoms with Gasteiger partial charge in [-0.3, -0.25) is 10.1 Å². The fourth-order valence-electron chi connectivity index (χ4n) is 2.47. The van der Waals surface area contributed by atoms with Crippen molar-refractivity contribution in [2.75, 3.05) is 6.61 Å². The van der Waals surface area contributed by atoms with E-state index in [4.69, 9.17) is 0 Å². The van der Waals surface area contributed by atoms with Crippen molar-refractivity contribution < 1.29 is 10.0 Å². The molecule has 4 heteroatoms. The third-order valence-electron chi connectivity index (χ3n) is 3.81. The number of nitro groups is 1. The maximum atomic E-state index is 10.5. The summed E-state index contributed by atoms with van der Waals surface area (Å²) in [4.78, 5) is 10.1. The van der Waals surface area contributed by atoms with Gasteiger partial charge in [-0.25, -0.2) is 0 Å². The van der Waals surface area contributed by atoms with Crippen LogP contribution in [-0.4, -0.2) is 16.6 Å². The first-order valence-corrected chi connectivity index (χ1v) is 5.29. The number of nitro benzene ring substituents is 1. The molecule has 0 aliphatic heterocycles. The molecule has 16 heavy (non-hydrogen) atoms. The van der Waals surface area contributed by atoms with Gasteiger partial charge in [0.05, 0.1) is 11.5 Å². The van der Waals surface area contributed by atoms with Crippen molar-refractivity contribution in [3.8, 4) is 0 Å². The molecule has 1 aromatic carbocycles. The Morgan fingerprint density at radius 2 is 1.88 bits per heavy atom. The quantitative estimate of drug-likeness (QED) is 0.629. The van der Waals surface area contributed by atoms with Crippen LogP contribution in [0.3, 0.4) is 0 Å². The van der Waals surface area contributed by atoms with Crippen LogP contribution in [0.15, 0.2) is 24.3 Å². The lowest BCUT2D eigenvalue weighted by molar-refractivity contribution is -0.384.